The monoisotopic (exact) mass is 306 g/mol. The average molecular weight is 306 g/mol. The summed E-state index contributed by atoms with van der Waals surface area (Å²) in [7, 11) is 0. The highest BCUT2D eigenvalue weighted by atomic mass is 32.1. The van der Waals surface area contributed by atoms with Crippen molar-refractivity contribution in [2.75, 3.05) is 6.54 Å². The van der Waals surface area contributed by atoms with Crippen molar-refractivity contribution in [3.05, 3.63) is 21.9 Å². The van der Waals surface area contributed by atoms with E-state index in [2.05, 4.69) is 36.2 Å². The van der Waals surface area contributed by atoms with Crippen LogP contribution in [0.15, 0.2) is 12.1 Å². The first kappa shape index (κ1) is 15.0. The lowest BCUT2D eigenvalue weighted by Crippen LogP contribution is -2.37. The van der Waals surface area contributed by atoms with Crippen LogP contribution in [0.4, 0.5) is 0 Å². The molecule has 1 aromatic heterocycles. The Bertz CT molecular complexity index is 495. The molecule has 1 amide bonds. The van der Waals surface area contributed by atoms with Crippen molar-refractivity contribution >= 4 is 17.2 Å². The number of nitrogens with zero attached hydrogens (tertiary/aromatic N) is 1. The molecule has 2 heterocycles. The Morgan fingerprint density at radius 3 is 2.76 bits per heavy atom. The first-order valence-corrected chi connectivity index (χ1v) is 9.13. The fraction of sp³-hybridized carbons (Fsp3) is 0.706. The number of aryl methyl sites for hydroxylation is 1. The van der Waals surface area contributed by atoms with Crippen molar-refractivity contribution < 1.29 is 4.79 Å². The van der Waals surface area contributed by atoms with Crippen LogP contribution >= 0.6 is 11.3 Å². The standard InChI is InChI=1S/C17H26N2OS/c1-3-4-8-14-17(20)19(11-13-6-5-7-13)16(18-14)15-10-9-12(2)21-15/h9-10,13-14,16,18H,3-8,11H2,1-2H3. The van der Waals surface area contributed by atoms with Gasteiger partial charge in [0.1, 0.15) is 6.17 Å². The van der Waals surface area contributed by atoms with Crippen molar-refractivity contribution in [3.8, 4) is 0 Å². The van der Waals surface area contributed by atoms with Crippen LogP contribution in [0.1, 0.15) is 61.4 Å². The summed E-state index contributed by atoms with van der Waals surface area (Å²) in [5.74, 6) is 1.05. The van der Waals surface area contributed by atoms with Gasteiger partial charge in [0.05, 0.1) is 6.04 Å². The number of carbonyl (C=O) groups excluding carboxylic acids is 1. The molecule has 2 aliphatic rings. The van der Waals surface area contributed by atoms with Gasteiger partial charge < -0.3 is 4.90 Å². The van der Waals surface area contributed by atoms with E-state index in [0.29, 0.717) is 5.91 Å². The molecule has 116 valence electrons. The van der Waals surface area contributed by atoms with Crippen molar-refractivity contribution in [1.29, 1.82) is 0 Å². The van der Waals surface area contributed by atoms with Gasteiger partial charge in [0.2, 0.25) is 5.91 Å². The largest absolute Gasteiger partial charge is 0.320 e. The summed E-state index contributed by atoms with van der Waals surface area (Å²) in [6, 6.07) is 4.37. The van der Waals surface area contributed by atoms with E-state index in [-0.39, 0.29) is 12.2 Å². The van der Waals surface area contributed by atoms with E-state index in [0.717, 1.165) is 31.7 Å². The molecule has 1 aliphatic heterocycles. The number of thiophene rings is 1. The molecule has 1 N–H and O–H groups in total. The number of nitrogens with one attached hydrogen (secondary N) is 1. The van der Waals surface area contributed by atoms with Gasteiger partial charge in [-0.3, -0.25) is 10.1 Å². The van der Waals surface area contributed by atoms with Crippen LogP contribution in [-0.2, 0) is 4.79 Å². The van der Waals surface area contributed by atoms with Crippen LogP contribution in [0.2, 0.25) is 0 Å². The molecule has 2 atom stereocenters. The van der Waals surface area contributed by atoms with E-state index in [1.807, 2.05) is 11.3 Å². The summed E-state index contributed by atoms with van der Waals surface area (Å²) in [5.41, 5.74) is 0. The third-order valence-electron chi connectivity index (χ3n) is 4.81. The first-order chi connectivity index (χ1) is 10.2. The highest BCUT2D eigenvalue weighted by Crippen LogP contribution is 2.35. The molecule has 0 spiro atoms. The van der Waals surface area contributed by atoms with E-state index < -0.39 is 0 Å². The summed E-state index contributed by atoms with van der Waals surface area (Å²) < 4.78 is 0. The third kappa shape index (κ3) is 3.16. The lowest BCUT2D eigenvalue weighted by atomic mass is 9.85. The smallest absolute Gasteiger partial charge is 0.241 e. The molecular weight excluding hydrogens is 280 g/mol. The molecule has 4 heteroatoms. The quantitative estimate of drug-likeness (QED) is 0.866. The number of hydrogen-bond donors (Lipinski definition) is 1. The van der Waals surface area contributed by atoms with Crippen LogP contribution < -0.4 is 5.32 Å². The SMILES string of the molecule is CCCCC1NC(c2ccc(C)s2)N(CC2CCC2)C1=O. The Kier molecular flexibility index (Phi) is 4.65. The summed E-state index contributed by atoms with van der Waals surface area (Å²) in [6.45, 7) is 5.26. The zero-order valence-electron chi connectivity index (χ0n) is 13.1. The Morgan fingerprint density at radius 1 is 1.38 bits per heavy atom. The molecule has 0 aromatic carbocycles. The van der Waals surface area contributed by atoms with Gasteiger partial charge in [-0.2, -0.15) is 0 Å². The van der Waals surface area contributed by atoms with Crippen LogP contribution in [0, 0.1) is 12.8 Å². The van der Waals surface area contributed by atoms with Crippen LogP contribution in [0.3, 0.4) is 0 Å². The maximum atomic E-state index is 12.7. The molecule has 2 fully saturated rings. The summed E-state index contributed by atoms with van der Waals surface area (Å²) in [5, 5.41) is 3.60. The van der Waals surface area contributed by atoms with Gasteiger partial charge in [0.25, 0.3) is 0 Å². The minimum absolute atomic E-state index is 0.0254. The first-order valence-electron chi connectivity index (χ1n) is 8.32. The normalized spacial score (nSPS) is 26.4. The second kappa shape index (κ2) is 6.49. The fourth-order valence-electron chi connectivity index (χ4n) is 3.28. The predicted molar refractivity (Wildman–Crippen MR) is 87.3 cm³/mol. The average Bonchev–Trinajstić information content (AvgIpc) is 2.97. The Labute approximate surface area is 131 Å². The van der Waals surface area contributed by atoms with Crippen molar-refractivity contribution in [3.63, 3.8) is 0 Å². The van der Waals surface area contributed by atoms with E-state index in [1.165, 1.54) is 29.0 Å². The van der Waals surface area contributed by atoms with Gasteiger partial charge >= 0.3 is 0 Å². The van der Waals surface area contributed by atoms with E-state index in [9.17, 15) is 4.79 Å². The summed E-state index contributed by atoms with van der Waals surface area (Å²) >= 11 is 1.81. The molecular formula is C17H26N2OS. The lowest BCUT2D eigenvalue weighted by molar-refractivity contribution is -0.131. The number of hydrogen-bond acceptors (Lipinski definition) is 3. The van der Waals surface area contributed by atoms with Gasteiger partial charge in [-0.1, -0.05) is 26.2 Å². The predicted octanol–water partition coefficient (Wildman–Crippen LogP) is 3.85. The Balaban J connectivity index is 1.75. The topological polar surface area (TPSA) is 32.3 Å². The Hall–Kier alpha value is -0.870. The Morgan fingerprint density at radius 2 is 2.19 bits per heavy atom. The molecule has 2 unspecified atom stereocenters. The molecule has 0 radical (unpaired) electrons. The fourth-order valence-corrected chi connectivity index (χ4v) is 4.23. The molecule has 1 saturated carbocycles. The van der Waals surface area contributed by atoms with Crippen molar-refractivity contribution in [2.45, 2.75) is 64.6 Å². The van der Waals surface area contributed by atoms with E-state index in [1.54, 1.807) is 0 Å². The third-order valence-corrected chi connectivity index (χ3v) is 5.86. The van der Waals surface area contributed by atoms with Gasteiger partial charge in [-0.05, 0) is 44.2 Å². The number of amides is 1. The minimum atomic E-state index is 0.0254. The van der Waals surface area contributed by atoms with Crippen molar-refractivity contribution in [2.24, 2.45) is 5.92 Å². The molecule has 21 heavy (non-hydrogen) atoms. The molecule has 1 aliphatic carbocycles. The summed E-state index contributed by atoms with van der Waals surface area (Å²) in [4.78, 5) is 17.5. The van der Waals surface area contributed by atoms with Gasteiger partial charge in [0, 0.05) is 16.3 Å². The zero-order chi connectivity index (χ0) is 14.8. The molecule has 1 saturated heterocycles. The van der Waals surface area contributed by atoms with Gasteiger partial charge in [-0.25, -0.2) is 0 Å². The molecule has 0 bridgehead atoms. The zero-order valence-corrected chi connectivity index (χ0v) is 13.9. The highest BCUT2D eigenvalue weighted by molar-refractivity contribution is 7.12. The number of unbranched alkanes of at least 4 members (excludes halogenated alkanes) is 1. The molecule has 3 nitrogen and oxygen atoms in total. The maximum Gasteiger partial charge on any atom is 0.241 e. The van der Waals surface area contributed by atoms with Gasteiger partial charge in [0.15, 0.2) is 0 Å². The molecule has 3 rings (SSSR count). The number of rotatable bonds is 6. The van der Waals surface area contributed by atoms with E-state index >= 15 is 0 Å². The second-order valence-corrected chi connectivity index (χ2v) is 7.82. The molecule has 1 aromatic rings. The van der Waals surface area contributed by atoms with Crippen molar-refractivity contribution in [1.82, 2.24) is 10.2 Å². The second-order valence-electron chi connectivity index (χ2n) is 6.50. The van der Waals surface area contributed by atoms with Crippen LogP contribution in [-0.4, -0.2) is 23.4 Å². The lowest BCUT2D eigenvalue weighted by Gasteiger charge is -2.32. The maximum absolute atomic E-state index is 12.7. The van der Waals surface area contributed by atoms with E-state index in [4.69, 9.17) is 0 Å². The van der Waals surface area contributed by atoms with Gasteiger partial charge in [-0.15, -0.1) is 11.3 Å². The number of carbonyl (C=O) groups is 1. The van der Waals surface area contributed by atoms with Crippen LogP contribution in [0.25, 0.3) is 0 Å². The van der Waals surface area contributed by atoms with Crippen LogP contribution in [0.5, 0.6) is 0 Å². The summed E-state index contributed by atoms with van der Waals surface area (Å²) in [6.07, 6.45) is 7.27. The minimum Gasteiger partial charge on any atom is -0.320 e. The highest BCUT2D eigenvalue weighted by Gasteiger charge is 2.41.